The van der Waals surface area contributed by atoms with Crippen LogP contribution in [0.3, 0.4) is 0 Å². The van der Waals surface area contributed by atoms with Crippen molar-refractivity contribution in [1.29, 1.82) is 0 Å². The minimum absolute atomic E-state index is 0. The van der Waals surface area contributed by atoms with E-state index in [0.29, 0.717) is 17.9 Å². The third-order valence-electron chi connectivity index (χ3n) is 5.56. The van der Waals surface area contributed by atoms with Crippen molar-refractivity contribution in [3.05, 3.63) is 60.2 Å². The van der Waals surface area contributed by atoms with Crippen LogP contribution in [0.5, 0.6) is 11.5 Å². The Morgan fingerprint density at radius 3 is 1.76 bits per heavy atom. The number of ether oxygens (including phenoxy) is 5. The van der Waals surface area contributed by atoms with Crippen molar-refractivity contribution in [2.24, 2.45) is 10.8 Å². The molecule has 0 amide bonds. The number of para-hydroxylation sites is 1. The Bertz CT molecular complexity index is 1350. The number of carbonyl (C=O) groups is 2. The number of hydrogen-bond donors (Lipinski definition) is 1. The first-order valence-electron chi connectivity index (χ1n) is 14.1. The predicted octanol–water partition coefficient (Wildman–Crippen LogP) is 6.91. The van der Waals surface area contributed by atoms with E-state index in [9.17, 15) is 27.1 Å². The van der Waals surface area contributed by atoms with Gasteiger partial charge in [0.15, 0.2) is 4.99 Å². The van der Waals surface area contributed by atoms with Crippen LogP contribution >= 0.6 is 7.60 Å². The van der Waals surface area contributed by atoms with Crippen molar-refractivity contribution in [3.63, 3.8) is 0 Å². The summed E-state index contributed by atoms with van der Waals surface area (Å²) >= 11 is 0. The Hall–Kier alpha value is -1.52. The van der Waals surface area contributed by atoms with E-state index in [1.54, 1.807) is 36.4 Å². The van der Waals surface area contributed by atoms with E-state index in [0.717, 1.165) is 5.56 Å². The van der Waals surface area contributed by atoms with Crippen molar-refractivity contribution in [1.82, 2.24) is 0 Å². The van der Waals surface area contributed by atoms with Gasteiger partial charge in [0.25, 0.3) is 10.1 Å². The van der Waals surface area contributed by atoms with Crippen LogP contribution in [0.2, 0.25) is 0 Å². The summed E-state index contributed by atoms with van der Waals surface area (Å²) in [5.74, 6) is 1.18. The van der Waals surface area contributed by atoms with Crippen molar-refractivity contribution < 1.29 is 59.9 Å². The van der Waals surface area contributed by atoms with E-state index in [4.69, 9.17) is 32.7 Å². The fourth-order valence-corrected chi connectivity index (χ4v) is 6.91. The summed E-state index contributed by atoms with van der Waals surface area (Å²) in [4.78, 5) is 21.8. The molecule has 0 unspecified atom stereocenters. The molecule has 0 bridgehead atoms. The van der Waals surface area contributed by atoms with Crippen LogP contribution in [0.1, 0.15) is 59.9 Å². The summed E-state index contributed by atoms with van der Waals surface area (Å²) in [5.41, 5.74) is 0.0186. The molecular formula is C30H44KO13PS. The van der Waals surface area contributed by atoms with Crippen LogP contribution in [0, 0.1) is 10.8 Å². The standard InChI is InChI=1S/C30H43O13PS.K.H/c1-29(2,3)19-37-27(31)39-21-41-44(33,42-22-40-28(32)38-20-30(4,5)6)26(45(34,35)36)17-11-13-23-12-10-16-25(18-23)43-24-14-8-7-9-15-24;;/h7-10,12,14-16,18,26H,11,13,17,19-22H2,1-6H3,(H,34,35,36);;/t26-;;/m0../s1. The molecular weight excluding hydrogens is 670 g/mol. The first kappa shape index (κ1) is 42.5. The molecule has 0 aliphatic rings. The minimum atomic E-state index is -5.07. The van der Waals surface area contributed by atoms with Crippen molar-refractivity contribution in [2.75, 3.05) is 26.8 Å². The summed E-state index contributed by atoms with van der Waals surface area (Å²) < 4.78 is 84.2. The molecule has 0 saturated heterocycles. The Morgan fingerprint density at radius 2 is 1.28 bits per heavy atom. The van der Waals surface area contributed by atoms with Gasteiger partial charge >= 0.3 is 71.3 Å². The monoisotopic (exact) mass is 714 g/mol. The predicted molar refractivity (Wildman–Crippen MR) is 172 cm³/mol. The molecule has 16 heteroatoms. The molecule has 2 aromatic carbocycles. The number of benzene rings is 2. The fourth-order valence-electron chi connectivity index (χ4n) is 3.47. The molecule has 2 aromatic rings. The van der Waals surface area contributed by atoms with Crippen molar-refractivity contribution in [3.8, 4) is 11.5 Å². The van der Waals surface area contributed by atoms with Crippen LogP contribution in [-0.2, 0) is 49.1 Å². The Labute approximate surface area is 313 Å². The second kappa shape index (κ2) is 19.5. The molecule has 0 saturated carbocycles. The first-order chi connectivity index (χ1) is 20.9. The summed E-state index contributed by atoms with van der Waals surface area (Å²) in [5, 5.41) is 0. The molecule has 0 radical (unpaired) electrons. The van der Waals surface area contributed by atoms with Crippen LogP contribution in [0.15, 0.2) is 54.6 Å². The third-order valence-corrected chi connectivity index (χ3v) is 9.95. The topological polar surface area (TPSA) is 170 Å². The Balaban J connectivity index is 0.0000106. The molecule has 0 aliphatic carbocycles. The van der Waals surface area contributed by atoms with Gasteiger partial charge in [0.05, 0.1) is 13.2 Å². The first-order valence-corrected chi connectivity index (χ1v) is 17.2. The molecule has 1 N–H and O–H groups in total. The fraction of sp³-hybridized carbons (Fsp3) is 0.533. The third kappa shape index (κ3) is 17.6. The second-order valence-electron chi connectivity index (χ2n) is 12.4. The van der Waals surface area contributed by atoms with Crippen molar-refractivity contribution in [2.45, 2.75) is 65.8 Å². The van der Waals surface area contributed by atoms with E-state index < -0.39 is 55.0 Å². The van der Waals surface area contributed by atoms with Gasteiger partial charge in [-0.15, -0.1) is 0 Å². The van der Waals surface area contributed by atoms with Crippen LogP contribution < -0.4 is 4.74 Å². The van der Waals surface area contributed by atoms with Crippen LogP contribution in [-0.4, -0.2) is 108 Å². The molecule has 46 heavy (non-hydrogen) atoms. The zero-order valence-corrected chi connectivity index (χ0v) is 28.1. The molecule has 0 spiro atoms. The molecule has 13 nitrogen and oxygen atoms in total. The van der Waals surface area contributed by atoms with Gasteiger partial charge in [-0.05, 0) is 59.9 Å². The van der Waals surface area contributed by atoms with Crippen LogP contribution in [0.4, 0.5) is 9.59 Å². The molecule has 254 valence electrons. The summed E-state index contributed by atoms with van der Waals surface area (Å²) in [6, 6.07) is 16.2. The molecule has 2 rings (SSSR count). The normalized spacial score (nSPS) is 12.8. The quantitative estimate of drug-likeness (QED) is 0.0626. The molecule has 0 aromatic heterocycles. The molecule has 0 fully saturated rings. The van der Waals surface area contributed by atoms with E-state index in [-0.39, 0.29) is 81.8 Å². The van der Waals surface area contributed by atoms with Gasteiger partial charge in [-0.25, -0.2) is 9.59 Å². The number of aryl methyl sites for hydroxylation is 1. The van der Waals surface area contributed by atoms with E-state index in [1.165, 1.54) is 0 Å². The maximum atomic E-state index is 13.8. The number of carbonyl (C=O) groups excluding carboxylic acids is 2. The molecule has 0 heterocycles. The van der Waals surface area contributed by atoms with Gasteiger partial charge in [0.1, 0.15) is 11.5 Å². The summed E-state index contributed by atoms with van der Waals surface area (Å²) in [6.45, 7) is 8.79. The maximum absolute atomic E-state index is 13.8. The average molecular weight is 715 g/mol. The summed E-state index contributed by atoms with van der Waals surface area (Å²) in [6.07, 6.45) is -2.34. The van der Waals surface area contributed by atoms with Gasteiger partial charge in [-0.3, -0.25) is 18.2 Å². The molecule has 1 atom stereocenters. The van der Waals surface area contributed by atoms with Gasteiger partial charge in [0, 0.05) is 0 Å². The van der Waals surface area contributed by atoms with Gasteiger partial charge in [0.2, 0.25) is 13.6 Å². The SMILES string of the molecule is CC(C)(C)COC(=O)OCOP(=O)(OCOC(=O)OCC(C)(C)C)[C@H](CCCc1cccc(Oc2ccccc2)c1)S(=O)(=O)O.[KH]. The van der Waals surface area contributed by atoms with Crippen LogP contribution in [0.25, 0.3) is 0 Å². The van der Waals surface area contributed by atoms with Gasteiger partial charge in [-0.2, -0.15) is 8.42 Å². The number of rotatable bonds is 16. The number of hydrogen-bond acceptors (Lipinski definition) is 12. The van der Waals surface area contributed by atoms with Crippen molar-refractivity contribution >= 4 is 81.4 Å². The van der Waals surface area contributed by atoms with E-state index in [1.807, 2.05) is 59.7 Å². The van der Waals surface area contributed by atoms with Gasteiger partial charge < -0.3 is 23.7 Å². The Morgan fingerprint density at radius 1 is 0.783 bits per heavy atom. The zero-order valence-electron chi connectivity index (χ0n) is 26.4. The Kier molecular flexibility index (Phi) is 18.0. The second-order valence-corrected chi connectivity index (χ2v) is 16.6. The van der Waals surface area contributed by atoms with Gasteiger partial charge in [-0.1, -0.05) is 71.9 Å². The van der Waals surface area contributed by atoms with E-state index in [2.05, 4.69) is 0 Å². The summed E-state index contributed by atoms with van der Waals surface area (Å²) in [7, 11) is -9.94. The zero-order chi connectivity index (χ0) is 33.7. The molecule has 0 aliphatic heterocycles. The van der Waals surface area contributed by atoms with E-state index >= 15 is 0 Å². The average Bonchev–Trinajstić information content (AvgIpc) is 2.92.